The minimum atomic E-state index is -0.427. The zero-order valence-corrected chi connectivity index (χ0v) is 11.9. The molecule has 0 heterocycles. The zero-order valence-electron chi connectivity index (χ0n) is 11.9. The van der Waals surface area contributed by atoms with Crippen LogP contribution in [0.5, 0.6) is 5.75 Å². The van der Waals surface area contributed by atoms with E-state index in [1.165, 1.54) is 6.42 Å². The molecule has 0 aromatic heterocycles. The molecule has 1 aliphatic carbocycles. The lowest BCUT2D eigenvalue weighted by Gasteiger charge is -2.20. The number of aryl methyl sites for hydroxylation is 1. The number of carbonyl (C=O) groups is 2. The van der Waals surface area contributed by atoms with Gasteiger partial charge in [-0.05, 0) is 31.4 Å². The highest BCUT2D eigenvalue weighted by molar-refractivity contribution is 5.84. The summed E-state index contributed by atoms with van der Waals surface area (Å²) in [7, 11) is 0. The van der Waals surface area contributed by atoms with Gasteiger partial charge in [-0.1, -0.05) is 37.5 Å². The molecule has 20 heavy (non-hydrogen) atoms. The molecule has 1 amide bonds. The van der Waals surface area contributed by atoms with Gasteiger partial charge >= 0.3 is 5.97 Å². The number of carbonyl (C=O) groups excluding carboxylic acids is 2. The van der Waals surface area contributed by atoms with Gasteiger partial charge in [-0.3, -0.25) is 4.79 Å². The Bertz CT molecular complexity index is 478. The van der Waals surface area contributed by atoms with Crippen molar-refractivity contribution in [3.8, 4) is 5.75 Å². The largest absolute Gasteiger partial charge is 0.425 e. The van der Waals surface area contributed by atoms with Crippen LogP contribution in [0.2, 0.25) is 0 Å². The van der Waals surface area contributed by atoms with Crippen LogP contribution < -0.4 is 10.1 Å². The van der Waals surface area contributed by atoms with Gasteiger partial charge in [0.2, 0.25) is 5.91 Å². The summed E-state index contributed by atoms with van der Waals surface area (Å²) >= 11 is 0. The minimum Gasteiger partial charge on any atom is -0.425 e. The first-order valence-corrected chi connectivity index (χ1v) is 7.21. The second-order valence-electron chi connectivity index (χ2n) is 5.29. The van der Waals surface area contributed by atoms with Gasteiger partial charge in [-0.15, -0.1) is 0 Å². The summed E-state index contributed by atoms with van der Waals surface area (Å²) in [5.74, 6) is 0.161. The highest BCUT2D eigenvalue weighted by atomic mass is 16.5. The number of hydrogen-bond acceptors (Lipinski definition) is 3. The molecule has 0 aliphatic heterocycles. The number of ether oxygens (including phenoxy) is 1. The highest BCUT2D eigenvalue weighted by Crippen LogP contribution is 2.23. The second kappa shape index (κ2) is 7.08. The first-order chi connectivity index (χ1) is 9.66. The molecule has 1 fully saturated rings. The van der Waals surface area contributed by atoms with Gasteiger partial charge in [0.15, 0.2) is 0 Å². The van der Waals surface area contributed by atoms with Crippen LogP contribution in [0, 0.1) is 12.8 Å². The molecule has 0 bridgehead atoms. The fourth-order valence-corrected chi connectivity index (χ4v) is 2.50. The van der Waals surface area contributed by atoms with E-state index in [1.807, 2.05) is 25.1 Å². The number of esters is 1. The van der Waals surface area contributed by atoms with E-state index < -0.39 is 5.97 Å². The number of amides is 1. The maximum Gasteiger partial charge on any atom is 0.330 e. The standard InChI is InChI=1S/C16H21NO3/c1-12-7-5-6-10-14(12)20-15(18)11-17-16(19)13-8-3-2-4-9-13/h5-7,10,13H,2-4,8-9,11H2,1H3,(H,17,19). The van der Waals surface area contributed by atoms with Crippen molar-refractivity contribution >= 4 is 11.9 Å². The van der Waals surface area contributed by atoms with Crippen molar-refractivity contribution in [1.29, 1.82) is 0 Å². The average molecular weight is 275 g/mol. The summed E-state index contributed by atoms with van der Waals surface area (Å²) in [6, 6.07) is 7.33. The maximum absolute atomic E-state index is 11.9. The van der Waals surface area contributed by atoms with Crippen LogP contribution >= 0.6 is 0 Å². The molecule has 1 saturated carbocycles. The first-order valence-electron chi connectivity index (χ1n) is 7.21. The molecule has 1 aliphatic rings. The fraction of sp³-hybridized carbons (Fsp3) is 0.500. The average Bonchev–Trinajstić information content (AvgIpc) is 2.48. The molecule has 1 aromatic rings. The molecule has 0 saturated heterocycles. The van der Waals surface area contributed by atoms with E-state index in [0.29, 0.717) is 5.75 Å². The van der Waals surface area contributed by atoms with Crippen LogP contribution in [0.3, 0.4) is 0 Å². The SMILES string of the molecule is Cc1ccccc1OC(=O)CNC(=O)C1CCCCC1. The fourth-order valence-electron chi connectivity index (χ4n) is 2.50. The van der Waals surface area contributed by atoms with Crippen molar-refractivity contribution < 1.29 is 14.3 Å². The molecule has 1 N–H and O–H groups in total. The summed E-state index contributed by atoms with van der Waals surface area (Å²) in [4.78, 5) is 23.6. The Morgan fingerprint density at radius 2 is 1.90 bits per heavy atom. The Hall–Kier alpha value is -1.84. The van der Waals surface area contributed by atoms with Gasteiger partial charge in [0, 0.05) is 5.92 Å². The number of para-hydroxylation sites is 1. The van der Waals surface area contributed by atoms with Crippen LogP contribution in [0.15, 0.2) is 24.3 Å². The van der Waals surface area contributed by atoms with Crippen LogP contribution in [0.25, 0.3) is 0 Å². The monoisotopic (exact) mass is 275 g/mol. The van der Waals surface area contributed by atoms with Crippen LogP contribution in [0.4, 0.5) is 0 Å². The van der Waals surface area contributed by atoms with Crippen molar-refractivity contribution in [1.82, 2.24) is 5.32 Å². The number of benzene rings is 1. The van der Waals surface area contributed by atoms with E-state index in [0.717, 1.165) is 31.2 Å². The molecule has 4 heteroatoms. The third kappa shape index (κ3) is 4.08. The van der Waals surface area contributed by atoms with Gasteiger partial charge in [0.1, 0.15) is 12.3 Å². The summed E-state index contributed by atoms with van der Waals surface area (Å²) < 4.78 is 5.23. The van der Waals surface area contributed by atoms with Crippen molar-refractivity contribution in [3.63, 3.8) is 0 Å². The second-order valence-corrected chi connectivity index (χ2v) is 5.29. The Kier molecular flexibility index (Phi) is 5.16. The molecule has 0 spiro atoms. The lowest BCUT2D eigenvalue weighted by molar-refractivity contribution is -0.136. The molecule has 2 rings (SSSR count). The van der Waals surface area contributed by atoms with E-state index in [2.05, 4.69) is 5.32 Å². The van der Waals surface area contributed by atoms with E-state index in [9.17, 15) is 9.59 Å². The molecule has 4 nitrogen and oxygen atoms in total. The first kappa shape index (κ1) is 14.6. The lowest BCUT2D eigenvalue weighted by Crippen LogP contribution is -2.36. The molecule has 0 atom stereocenters. The summed E-state index contributed by atoms with van der Waals surface area (Å²) in [6.45, 7) is 1.81. The van der Waals surface area contributed by atoms with Gasteiger partial charge in [-0.2, -0.15) is 0 Å². The number of rotatable bonds is 4. The Labute approximate surface area is 119 Å². The van der Waals surface area contributed by atoms with Crippen LogP contribution in [-0.4, -0.2) is 18.4 Å². The van der Waals surface area contributed by atoms with E-state index >= 15 is 0 Å². The highest BCUT2D eigenvalue weighted by Gasteiger charge is 2.21. The number of nitrogens with one attached hydrogen (secondary N) is 1. The molecule has 0 radical (unpaired) electrons. The van der Waals surface area contributed by atoms with Crippen molar-refractivity contribution in [3.05, 3.63) is 29.8 Å². The summed E-state index contributed by atoms with van der Waals surface area (Å²) in [6.07, 6.45) is 5.27. The summed E-state index contributed by atoms with van der Waals surface area (Å²) in [5.41, 5.74) is 0.902. The number of hydrogen-bond donors (Lipinski definition) is 1. The molecular weight excluding hydrogens is 254 g/mol. The minimum absolute atomic E-state index is 0.0218. The van der Waals surface area contributed by atoms with Crippen LogP contribution in [0.1, 0.15) is 37.7 Å². The van der Waals surface area contributed by atoms with Gasteiger partial charge in [0.05, 0.1) is 0 Å². The zero-order chi connectivity index (χ0) is 14.4. The van der Waals surface area contributed by atoms with Crippen molar-refractivity contribution in [2.45, 2.75) is 39.0 Å². The topological polar surface area (TPSA) is 55.4 Å². The Morgan fingerprint density at radius 1 is 1.20 bits per heavy atom. The van der Waals surface area contributed by atoms with Gasteiger partial charge in [0.25, 0.3) is 0 Å². The Balaban J connectivity index is 1.77. The quantitative estimate of drug-likeness (QED) is 0.679. The van der Waals surface area contributed by atoms with Crippen molar-refractivity contribution in [2.75, 3.05) is 6.54 Å². The third-order valence-corrected chi connectivity index (χ3v) is 3.70. The molecule has 0 unspecified atom stereocenters. The molecule has 1 aromatic carbocycles. The predicted molar refractivity (Wildman–Crippen MR) is 76.4 cm³/mol. The van der Waals surface area contributed by atoms with E-state index in [-0.39, 0.29) is 18.4 Å². The third-order valence-electron chi connectivity index (χ3n) is 3.70. The smallest absolute Gasteiger partial charge is 0.330 e. The van der Waals surface area contributed by atoms with E-state index in [4.69, 9.17) is 4.74 Å². The van der Waals surface area contributed by atoms with Crippen LogP contribution in [-0.2, 0) is 9.59 Å². The lowest BCUT2D eigenvalue weighted by atomic mass is 9.89. The van der Waals surface area contributed by atoms with Crippen molar-refractivity contribution in [2.24, 2.45) is 5.92 Å². The Morgan fingerprint density at radius 3 is 2.60 bits per heavy atom. The van der Waals surface area contributed by atoms with Gasteiger partial charge in [-0.25, -0.2) is 4.79 Å². The predicted octanol–water partition coefficient (Wildman–Crippen LogP) is 2.60. The maximum atomic E-state index is 11.9. The molecule has 108 valence electrons. The van der Waals surface area contributed by atoms with E-state index in [1.54, 1.807) is 6.07 Å². The molecular formula is C16H21NO3. The summed E-state index contributed by atoms with van der Waals surface area (Å²) in [5, 5.41) is 2.68. The van der Waals surface area contributed by atoms with Gasteiger partial charge < -0.3 is 10.1 Å². The normalized spacial score (nSPS) is 15.7.